The quantitative estimate of drug-likeness (QED) is 0.401. The molecule has 0 aromatic heterocycles. The van der Waals surface area contributed by atoms with E-state index in [0.29, 0.717) is 21.2 Å². The van der Waals surface area contributed by atoms with E-state index in [9.17, 15) is 4.79 Å². The normalized spacial score (nSPS) is 21.4. The fourth-order valence-electron chi connectivity index (χ4n) is 3.87. The van der Waals surface area contributed by atoms with Crippen LogP contribution in [-0.2, 0) is 9.53 Å². The van der Waals surface area contributed by atoms with Crippen LogP contribution in [-0.4, -0.2) is 34.5 Å². The van der Waals surface area contributed by atoms with Crippen LogP contribution < -0.4 is 0 Å². The van der Waals surface area contributed by atoms with E-state index in [1.807, 2.05) is 60.3 Å². The van der Waals surface area contributed by atoms with Crippen LogP contribution >= 0.6 is 35.0 Å². The Morgan fingerprint density at radius 2 is 1.77 bits per heavy atom. The van der Waals surface area contributed by atoms with Gasteiger partial charge in [-0.2, -0.15) is 11.8 Å². The van der Waals surface area contributed by atoms with E-state index >= 15 is 0 Å². The molecule has 0 radical (unpaired) electrons. The summed E-state index contributed by atoms with van der Waals surface area (Å²) in [5.41, 5.74) is 1.99. The molecule has 1 heterocycles. The zero-order chi connectivity index (χ0) is 22.5. The van der Waals surface area contributed by atoms with Gasteiger partial charge in [-0.25, -0.2) is 0 Å². The van der Waals surface area contributed by atoms with Crippen molar-refractivity contribution in [3.05, 3.63) is 69.7 Å². The first-order chi connectivity index (χ1) is 14.8. The first-order valence-corrected chi connectivity index (χ1v) is 12.7. The van der Waals surface area contributed by atoms with E-state index in [-0.39, 0.29) is 30.7 Å². The number of thioether (sulfide) groups is 1. The second-order valence-electron chi connectivity index (χ2n) is 8.43. The van der Waals surface area contributed by atoms with Crippen molar-refractivity contribution in [2.45, 2.75) is 57.6 Å². The third kappa shape index (κ3) is 5.98. The van der Waals surface area contributed by atoms with Gasteiger partial charge in [-0.05, 0) is 47.7 Å². The summed E-state index contributed by atoms with van der Waals surface area (Å²) in [7, 11) is 0. The van der Waals surface area contributed by atoms with Gasteiger partial charge in [0.1, 0.15) is 12.7 Å². The number of rotatable bonds is 8. The highest BCUT2D eigenvalue weighted by Gasteiger charge is 2.41. The molecule has 0 bridgehead atoms. The second-order valence-corrected chi connectivity index (χ2v) is 10.7. The molecule has 1 aliphatic rings. The molecule has 1 saturated heterocycles. The molecule has 2 aromatic rings. The predicted octanol–water partition coefficient (Wildman–Crippen LogP) is 7.19. The minimum atomic E-state index is -0.292. The first-order valence-electron chi connectivity index (χ1n) is 10.9. The number of carbonyl (C=O) groups excluding carboxylic acids is 1. The summed E-state index contributed by atoms with van der Waals surface area (Å²) in [5, 5.41) is 1.86. The predicted molar refractivity (Wildman–Crippen MR) is 132 cm³/mol. The van der Waals surface area contributed by atoms with Crippen LogP contribution in [0.4, 0.5) is 0 Å². The molecule has 0 saturated carbocycles. The van der Waals surface area contributed by atoms with Crippen molar-refractivity contribution < 1.29 is 9.53 Å². The lowest BCUT2D eigenvalue weighted by molar-refractivity contribution is -0.162. The van der Waals surface area contributed by atoms with Crippen LogP contribution in [0.25, 0.3) is 0 Å². The minimum absolute atomic E-state index is 0.0304. The summed E-state index contributed by atoms with van der Waals surface area (Å²) in [5.74, 6) is 1.52. The van der Waals surface area contributed by atoms with Crippen molar-refractivity contribution in [3.8, 4) is 0 Å². The lowest BCUT2D eigenvalue weighted by Crippen LogP contribution is -2.51. The van der Waals surface area contributed by atoms with Crippen LogP contribution in [0.2, 0.25) is 10.0 Å². The number of hydrogen-bond donors (Lipinski definition) is 0. The van der Waals surface area contributed by atoms with Gasteiger partial charge in [-0.15, -0.1) is 0 Å². The Morgan fingerprint density at radius 3 is 2.39 bits per heavy atom. The number of carbonyl (C=O) groups is 1. The van der Waals surface area contributed by atoms with Crippen molar-refractivity contribution in [2.75, 3.05) is 12.4 Å². The van der Waals surface area contributed by atoms with Crippen LogP contribution in [0, 0.1) is 5.92 Å². The topological polar surface area (TPSA) is 29.5 Å². The van der Waals surface area contributed by atoms with Gasteiger partial charge < -0.3 is 9.64 Å². The second kappa shape index (κ2) is 11.1. The minimum Gasteiger partial charge on any atom is -0.361 e. The third-order valence-corrected chi connectivity index (χ3v) is 8.14. The van der Waals surface area contributed by atoms with Crippen molar-refractivity contribution in [1.29, 1.82) is 0 Å². The smallest absolute Gasteiger partial charge is 0.249 e. The van der Waals surface area contributed by atoms with Crippen molar-refractivity contribution in [2.24, 2.45) is 5.92 Å². The average Bonchev–Trinajstić information content (AvgIpc) is 2.75. The zero-order valence-corrected chi connectivity index (χ0v) is 20.9. The number of benzene rings is 2. The third-order valence-electron chi connectivity index (χ3n) is 6.00. The number of halogens is 2. The monoisotopic (exact) mass is 479 g/mol. The number of nitrogens with zero attached hydrogens (tertiary/aromatic N) is 1. The highest BCUT2D eigenvalue weighted by molar-refractivity contribution is 7.99. The van der Waals surface area contributed by atoms with Crippen LogP contribution in [0.5, 0.6) is 0 Å². The molecule has 1 fully saturated rings. The van der Waals surface area contributed by atoms with E-state index in [1.165, 1.54) is 0 Å². The molecule has 6 heteroatoms. The fraction of sp³-hybridized carbons (Fsp3) is 0.480. The molecular weight excluding hydrogens is 449 g/mol. The molecule has 0 spiro atoms. The van der Waals surface area contributed by atoms with Gasteiger partial charge in [0.2, 0.25) is 5.91 Å². The van der Waals surface area contributed by atoms with Gasteiger partial charge in [0, 0.05) is 27.1 Å². The molecule has 31 heavy (non-hydrogen) atoms. The van der Waals surface area contributed by atoms with Gasteiger partial charge in [0.25, 0.3) is 0 Å². The first kappa shape index (κ1) is 24.4. The summed E-state index contributed by atoms with van der Waals surface area (Å²) in [6, 6.07) is 15.3. The summed E-state index contributed by atoms with van der Waals surface area (Å²) in [6.45, 7) is 8.96. The van der Waals surface area contributed by atoms with Gasteiger partial charge in [0.05, 0.1) is 6.04 Å². The lowest BCUT2D eigenvalue weighted by atomic mass is 9.91. The SMILES string of the molecule is CCC(CSC(C)C(C)C)N1C(=O)COC(c2cccc(Cl)c2)C1c1ccc(Cl)cc1. The zero-order valence-electron chi connectivity index (χ0n) is 18.6. The Hall–Kier alpha value is -1.20. The molecule has 1 amide bonds. The summed E-state index contributed by atoms with van der Waals surface area (Å²) in [4.78, 5) is 15.3. The lowest BCUT2D eigenvalue weighted by Gasteiger charge is -2.45. The van der Waals surface area contributed by atoms with Crippen molar-refractivity contribution in [3.63, 3.8) is 0 Å². The Bertz CT molecular complexity index is 874. The Kier molecular flexibility index (Phi) is 8.74. The number of amides is 1. The molecule has 0 aliphatic carbocycles. The van der Waals surface area contributed by atoms with Gasteiger partial charge in [-0.3, -0.25) is 4.79 Å². The Labute approximate surface area is 200 Å². The molecule has 4 unspecified atom stereocenters. The molecular formula is C25H31Cl2NO2S. The van der Waals surface area contributed by atoms with E-state index in [1.54, 1.807) is 0 Å². The van der Waals surface area contributed by atoms with Crippen molar-refractivity contribution in [1.82, 2.24) is 4.90 Å². The summed E-state index contributed by atoms with van der Waals surface area (Å²) < 4.78 is 6.13. The fourth-order valence-corrected chi connectivity index (χ4v) is 5.50. The van der Waals surface area contributed by atoms with Gasteiger partial charge in [-0.1, -0.05) is 75.2 Å². The maximum atomic E-state index is 13.2. The molecule has 168 valence electrons. The number of morpholine rings is 1. The molecule has 3 nitrogen and oxygen atoms in total. The Morgan fingerprint density at radius 1 is 1.06 bits per heavy atom. The van der Waals surface area contributed by atoms with E-state index in [2.05, 4.69) is 32.6 Å². The molecule has 0 N–H and O–H groups in total. The molecule has 1 aliphatic heterocycles. The van der Waals surface area contributed by atoms with Crippen molar-refractivity contribution >= 4 is 40.9 Å². The van der Waals surface area contributed by atoms with E-state index < -0.39 is 0 Å². The maximum absolute atomic E-state index is 13.2. The highest BCUT2D eigenvalue weighted by atomic mass is 35.5. The van der Waals surface area contributed by atoms with Crippen LogP contribution in [0.3, 0.4) is 0 Å². The maximum Gasteiger partial charge on any atom is 0.249 e. The van der Waals surface area contributed by atoms with Gasteiger partial charge in [0.15, 0.2) is 0 Å². The number of hydrogen-bond acceptors (Lipinski definition) is 3. The number of ether oxygens (including phenoxy) is 1. The Balaban J connectivity index is 2.00. The molecule has 4 atom stereocenters. The largest absolute Gasteiger partial charge is 0.361 e. The average molecular weight is 481 g/mol. The van der Waals surface area contributed by atoms with Gasteiger partial charge >= 0.3 is 0 Å². The molecule has 2 aromatic carbocycles. The summed E-state index contributed by atoms with van der Waals surface area (Å²) in [6.07, 6.45) is 0.592. The molecule has 3 rings (SSSR count). The summed E-state index contributed by atoms with van der Waals surface area (Å²) >= 11 is 14.4. The van der Waals surface area contributed by atoms with Crippen LogP contribution in [0.15, 0.2) is 48.5 Å². The van der Waals surface area contributed by atoms with E-state index in [4.69, 9.17) is 27.9 Å². The standard InChI is InChI=1S/C25H31Cl2NO2S/c1-5-22(15-31-17(4)16(2)3)28-23(29)14-30-25(19-7-6-8-21(27)13-19)24(28)18-9-11-20(26)12-10-18/h6-13,16-17,22,24-25H,5,14-15H2,1-4H3. The highest BCUT2D eigenvalue weighted by Crippen LogP contribution is 2.43. The van der Waals surface area contributed by atoms with Crippen LogP contribution in [0.1, 0.15) is 57.4 Å². The van der Waals surface area contributed by atoms with E-state index in [0.717, 1.165) is 23.3 Å².